The quantitative estimate of drug-likeness (QED) is 0.0292. The molecule has 0 N–H and O–H groups in total. The second-order valence-corrected chi connectivity index (χ2v) is 15.9. The molecule has 0 unspecified atom stereocenters. The second-order valence-electron chi connectivity index (χ2n) is 15.9. The first kappa shape index (κ1) is 45.4. The molecule has 0 aromatic rings. The van der Waals surface area contributed by atoms with Crippen molar-refractivity contribution in [3.05, 3.63) is 24.3 Å². The van der Waals surface area contributed by atoms with Crippen LogP contribution in [0.2, 0.25) is 0 Å². The number of likely N-dealkylation sites (tertiary alicyclic amines) is 1. The smallest absolute Gasteiger partial charge is 0.305 e. The lowest BCUT2D eigenvalue weighted by Gasteiger charge is -2.23. The molecule has 1 rings (SSSR count). The SMILES string of the molecule is CCCCCCCC/C=C\CCCCCCCC(=O)OC[C@@H]1C[N+](C)(C)C[C@H]1COC(=O)CCCCCCC/C=C\CCCCCCCC. The van der Waals surface area contributed by atoms with Crippen LogP contribution in [0.4, 0.5) is 0 Å². The summed E-state index contributed by atoms with van der Waals surface area (Å²) < 4.78 is 12.3. The van der Waals surface area contributed by atoms with E-state index in [9.17, 15) is 9.59 Å². The van der Waals surface area contributed by atoms with E-state index in [-0.39, 0.29) is 23.8 Å². The first-order valence-electron chi connectivity index (χ1n) is 21.3. The third-order valence-corrected chi connectivity index (χ3v) is 10.3. The van der Waals surface area contributed by atoms with Gasteiger partial charge in [0, 0.05) is 12.8 Å². The summed E-state index contributed by atoms with van der Waals surface area (Å²) in [6.07, 6.45) is 43.1. The van der Waals surface area contributed by atoms with Crippen LogP contribution in [0.25, 0.3) is 0 Å². The van der Waals surface area contributed by atoms with Crippen LogP contribution in [0.5, 0.6) is 0 Å². The van der Waals surface area contributed by atoms with Crippen LogP contribution in [0, 0.1) is 11.8 Å². The average molecular weight is 689 g/mol. The van der Waals surface area contributed by atoms with Crippen molar-refractivity contribution in [2.24, 2.45) is 11.8 Å². The summed E-state index contributed by atoms with van der Waals surface area (Å²) in [5.41, 5.74) is 0. The Morgan fingerprint density at radius 3 is 1.08 bits per heavy atom. The summed E-state index contributed by atoms with van der Waals surface area (Å²) in [4.78, 5) is 24.9. The minimum absolute atomic E-state index is 0.0743. The molecule has 1 aliphatic rings. The van der Waals surface area contributed by atoms with Gasteiger partial charge in [0.15, 0.2) is 0 Å². The third kappa shape index (κ3) is 28.7. The number of unbranched alkanes of at least 4 members (excludes halogenated alkanes) is 22. The summed E-state index contributed by atoms with van der Waals surface area (Å²) in [7, 11) is 4.43. The fourth-order valence-corrected chi connectivity index (χ4v) is 7.24. The highest BCUT2D eigenvalue weighted by atomic mass is 16.5. The van der Waals surface area contributed by atoms with Crippen LogP contribution in [0.3, 0.4) is 0 Å². The minimum Gasteiger partial charge on any atom is -0.465 e. The lowest BCUT2D eigenvalue weighted by Crippen LogP contribution is -2.37. The molecular weight excluding hydrogens is 606 g/mol. The number of ether oxygens (including phenoxy) is 2. The molecule has 1 aliphatic heterocycles. The minimum atomic E-state index is -0.0743. The molecule has 1 saturated heterocycles. The Labute approximate surface area is 305 Å². The molecule has 49 heavy (non-hydrogen) atoms. The molecule has 5 nitrogen and oxygen atoms in total. The molecule has 1 fully saturated rings. The summed E-state index contributed by atoms with van der Waals surface area (Å²) in [5.74, 6) is 0.353. The molecule has 286 valence electrons. The highest BCUT2D eigenvalue weighted by Crippen LogP contribution is 2.28. The molecule has 0 aromatic heterocycles. The first-order valence-corrected chi connectivity index (χ1v) is 21.3. The Balaban J connectivity index is 2.04. The molecular formula is C44H82NO4+. The van der Waals surface area contributed by atoms with Crippen LogP contribution < -0.4 is 0 Å². The molecule has 0 bridgehead atoms. The molecule has 0 saturated carbocycles. The maximum atomic E-state index is 12.5. The van der Waals surface area contributed by atoms with Gasteiger partial charge in [0.25, 0.3) is 0 Å². The molecule has 0 aromatic carbocycles. The zero-order valence-corrected chi connectivity index (χ0v) is 33.2. The van der Waals surface area contributed by atoms with Crippen molar-refractivity contribution in [2.45, 2.75) is 194 Å². The Morgan fingerprint density at radius 2 is 0.755 bits per heavy atom. The van der Waals surface area contributed by atoms with E-state index in [1.807, 2.05) is 0 Å². The third-order valence-electron chi connectivity index (χ3n) is 10.3. The van der Waals surface area contributed by atoms with Crippen LogP contribution >= 0.6 is 0 Å². The van der Waals surface area contributed by atoms with E-state index in [2.05, 4.69) is 52.2 Å². The van der Waals surface area contributed by atoms with E-state index in [1.165, 1.54) is 141 Å². The Kier molecular flexibility index (Phi) is 29.9. The predicted octanol–water partition coefficient (Wildman–Crippen LogP) is 12.5. The molecule has 0 aliphatic carbocycles. The van der Waals surface area contributed by atoms with Crippen molar-refractivity contribution in [1.29, 1.82) is 0 Å². The summed E-state index contributed by atoms with van der Waals surface area (Å²) in [6, 6.07) is 0. The number of nitrogens with zero attached hydrogens (tertiary/aromatic N) is 1. The van der Waals surface area contributed by atoms with Gasteiger partial charge in [0.1, 0.15) is 13.2 Å². The lowest BCUT2D eigenvalue weighted by atomic mass is 9.98. The molecule has 0 spiro atoms. The Bertz CT molecular complexity index is 769. The number of hydrogen-bond donors (Lipinski definition) is 0. The van der Waals surface area contributed by atoms with Gasteiger partial charge in [-0.3, -0.25) is 9.59 Å². The molecule has 2 atom stereocenters. The predicted molar refractivity (Wildman–Crippen MR) is 210 cm³/mol. The monoisotopic (exact) mass is 689 g/mol. The van der Waals surface area contributed by atoms with E-state index in [0.717, 1.165) is 43.3 Å². The number of rotatable bonds is 34. The largest absolute Gasteiger partial charge is 0.465 e. The van der Waals surface area contributed by atoms with Gasteiger partial charge >= 0.3 is 11.9 Å². The van der Waals surface area contributed by atoms with Crippen molar-refractivity contribution in [3.8, 4) is 0 Å². The van der Waals surface area contributed by atoms with Crippen molar-refractivity contribution in [3.63, 3.8) is 0 Å². The number of allylic oxidation sites excluding steroid dienone is 4. The molecule has 0 radical (unpaired) electrons. The van der Waals surface area contributed by atoms with Crippen LogP contribution in [0.15, 0.2) is 24.3 Å². The Morgan fingerprint density at radius 1 is 0.469 bits per heavy atom. The van der Waals surface area contributed by atoms with E-state index in [0.29, 0.717) is 26.1 Å². The van der Waals surface area contributed by atoms with Crippen LogP contribution in [0.1, 0.15) is 194 Å². The number of esters is 2. The average Bonchev–Trinajstić information content (AvgIpc) is 3.39. The number of hydrogen-bond acceptors (Lipinski definition) is 4. The molecule has 5 heteroatoms. The zero-order chi connectivity index (χ0) is 35.7. The highest BCUT2D eigenvalue weighted by molar-refractivity contribution is 5.69. The molecule has 0 amide bonds. The zero-order valence-electron chi connectivity index (χ0n) is 33.2. The fourth-order valence-electron chi connectivity index (χ4n) is 7.24. The van der Waals surface area contributed by atoms with E-state index in [1.54, 1.807) is 0 Å². The maximum Gasteiger partial charge on any atom is 0.305 e. The van der Waals surface area contributed by atoms with Gasteiger partial charge in [0.2, 0.25) is 0 Å². The van der Waals surface area contributed by atoms with Crippen molar-refractivity contribution >= 4 is 11.9 Å². The van der Waals surface area contributed by atoms with Gasteiger partial charge in [-0.05, 0) is 64.2 Å². The van der Waals surface area contributed by atoms with Crippen LogP contribution in [-0.4, -0.2) is 56.8 Å². The van der Waals surface area contributed by atoms with Gasteiger partial charge < -0.3 is 14.0 Å². The highest BCUT2D eigenvalue weighted by Gasteiger charge is 2.41. The fraction of sp³-hybridized carbons (Fsp3) is 0.864. The summed E-state index contributed by atoms with van der Waals surface area (Å²) >= 11 is 0. The van der Waals surface area contributed by atoms with Gasteiger partial charge in [-0.25, -0.2) is 0 Å². The van der Waals surface area contributed by atoms with Crippen molar-refractivity contribution in [2.75, 3.05) is 40.4 Å². The second kappa shape index (κ2) is 32.3. The van der Waals surface area contributed by atoms with Gasteiger partial charge in [-0.15, -0.1) is 0 Å². The summed E-state index contributed by atoms with van der Waals surface area (Å²) in [6.45, 7) is 7.35. The number of quaternary nitrogens is 1. The normalized spacial score (nSPS) is 17.4. The van der Waals surface area contributed by atoms with Crippen LogP contribution in [-0.2, 0) is 19.1 Å². The maximum absolute atomic E-state index is 12.5. The number of carbonyl (C=O) groups is 2. The van der Waals surface area contributed by atoms with Crippen molar-refractivity contribution in [1.82, 2.24) is 0 Å². The molecule has 1 heterocycles. The Hall–Kier alpha value is -1.62. The lowest BCUT2D eigenvalue weighted by molar-refractivity contribution is -0.880. The van der Waals surface area contributed by atoms with E-state index >= 15 is 0 Å². The topological polar surface area (TPSA) is 52.6 Å². The van der Waals surface area contributed by atoms with Gasteiger partial charge in [-0.2, -0.15) is 0 Å². The standard InChI is InChI=1S/C44H82NO4/c1-5-7-9-11-13-15-17-19-21-23-25-27-29-31-33-35-43(46)48-39-41-37-45(3,4)38-42(41)40-49-44(47)36-34-32-30-28-26-24-22-20-18-16-14-12-10-8-6-2/h19-22,41-42H,5-18,23-40H2,1-4H3/q+1/b21-19-,22-20-/t41-,42-/m0/s1. The first-order chi connectivity index (χ1) is 23.9. The van der Waals surface area contributed by atoms with Crippen molar-refractivity contribution < 1.29 is 23.5 Å². The summed E-state index contributed by atoms with van der Waals surface area (Å²) in [5, 5.41) is 0. The van der Waals surface area contributed by atoms with Gasteiger partial charge in [0.05, 0.1) is 39.0 Å². The number of carbonyl (C=O) groups excluding carboxylic acids is 2. The van der Waals surface area contributed by atoms with E-state index in [4.69, 9.17) is 9.47 Å². The van der Waals surface area contributed by atoms with E-state index < -0.39 is 0 Å². The van der Waals surface area contributed by atoms with Gasteiger partial charge in [-0.1, -0.05) is 141 Å².